The molecule has 0 bridgehead atoms. The third-order valence-electron chi connectivity index (χ3n) is 2.17. The van der Waals surface area contributed by atoms with Gasteiger partial charge < -0.3 is 0 Å². The largest absolute Gasteiger partial charge is 0.298 e. The van der Waals surface area contributed by atoms with Crippen molar-refractivity contribution in [2.75, 3.05) is 0 Å². The molecule has 0 unspecified atom stereocenters. The van der Waals surface area contributed by atoms with Gasteiger partial charge in [-0.2, -0.15) is 0 Å². The standard InChI is InChI=1S/C12H8N2O3S/c15-8-9-4-5-11(10(7-9)14(16)17)18-12-3-1-2-6-13-12/h1-8H. The second-order valence-corrected chi connectivity index (χ2v) is 4.43. The van der Waals surface area contributed by atoms with Gasteiger partial charge in [-0.15, -0.1) is 0 Å². The summed E-state index contributed by atoms with van der Waals surface area (Å²) in [6, 6.07) is 9.71. The first-order chi connectivity index (χ1) is 8.70. The van der Waals surface area contributed by atoms with Crippen molar-refractivity contribution in [3.63, 3.8) is 0 Å². The predicted octanol–water partition coefficient (Wildman–Crippen LogP) is 2.95. The maximum Gasteiger partial charge on any atom is 0.284 e. The molecule has 0 aliphatic rings. The molecular formula is C12H8N2O3S. The Morgan fingerprint density at radius 1 is 1.28 bits per heavy atom. The minimum absolute atomic E-state index is 0.0877. The van der Waals surface area contributed by atoms with Crippen LogP contribution in [0.5, 0.6) is 0 Å². The van der Waals surface area contributed by atoms with Crippen LogP contribution in [0, 0.1) is 10.1 Å². The number of aldehydes is 1. The number of rotatable bonds is 4. The van der Waals surface area contributed by atoms with Crippen molar-refractivity contribution in [2.45, 2.75) is 9.92 Å². The molecule has 0 fully saturated rings. The Bertz CT molecular complexity index is 587. The summed E-state index contributed by atoms with van der Waals surface area (Å²) in [4.78, 5) is 25.6. The Balaban J connectivity index is 2.38. The number of aromatic nitrogens is 1. The summed E-state index contributed by atoms with van der Waals surface area (Å²) in [7, 11) is 0. The van der Waals surface area contributed by atoms with E-state index in [1.807, 2.05) is 0 Å². The molecule has 90 valence electrons. The van der Waals surface area contributed by atoms with Crippen LogP contribution in [0.15, 0.2) is 52.5 Å². The Labute approximate surface area is 107 Å². The molecule has 0 N–H and O–H groups in total. The summed E-state index contributed by atoms with van der Waals surface area (Å²) in [6.07, 6.45) is 2.20. The van der Waals surface area contributed by atoms with Gasteiger partial charge in [0.05, 0.1) is 9.82 Å². The number of nitrogens with zero attached hydrogens (tertiary/aromatic N) is 2. The highest BCUT2D eigenvalue weighted by atomic mass is 32.2. The van der Waals surface area contributed by atoms with Crippen molar-refractivity contribution < 1.29 is 9.72 Å². The molecule has 0 aliphatic carbocycles. The van der Waals surface area contributed by atoms with Gasteiger partial charge in [0.15, 0.2) is 0 Å². The molecule has 0 saturated carbocycles. The molecule has 0 saturated heterocycles. The molecule has 0 radical (unpaired) electrons. The van der Waals surface area contributed by atoms with E-state index < -0.39 is 4.92 Å². The van der Waals surface area contributed by atoms with Crippen molar-refractivity contribution >= 4 is 23.7 Å². The molecule has 6 heteroatoms. The number of hydrogen-bond acceptors (Lipinski definition) is 5. The molecule has 2 rings (SSSR count). The van der Waals surface area contributed by atoms with Gasteiger partial charge in [0.25, 0.3) is 5.69 Å². The van der Waals surface area contributed by atoms with E-state index in [2.05, 4.69) is 4.98 Å². The number of carbonyl (C=O) groups is 1. The number of pyridine rings is 1. The van der Waals surface area contributed by atoms with E-state index in [4.69, 9.17) is 0 Å². The lowest BCUT2D eigenvalue weighted by Crippen LogP contribution is -1.93. The number of nitro benzene ring substituents is 1. The summed E-state index contributed by atoms with van der Waals surface area (Å²) in [5.41, 5.74) is 0.197. The number of benzene rings is 1. The summed E-state index contributed by atoms with van der Waals surface area (Å²) < 4.78 is 0. The van der Waals surface area contributed by atoms with E-state index in [-0.39, 0.29) is 11.3 Å². The second kappa shape index (κ2) is 5.42. The zero-order chi connectivity index (χ0) is 13.0. The van der Waals surface area contributed by atoms with Crippen LogP contribution in [0.1, 0.15) is 10.4 Å². The number of nitro groups is 1. The van der Waals surface area contributed by atoms with E-state index >= 15 is 0 Å². The maximum atomic E-state index is 10.9. The van der Waals surface area contributed by atoms with E-state index in [1.54, 1.807) is 36.5 Å². The topological polar surface area (TPSA) is 73.1 Å². The van der Waals surface area contributed by atoms with Gasteiger partial charge >= 0.3 is 0 Å². The summed E-state index contributed by atoms with van der Waals surface area (Å²) >= 11 is 1.19. The fourth-order valence-corrected chi connectivity index (χ4v) is 2.22. The Hall–Kier alpha value is -2.21. The van der Waals surface area contributed by atoms with Gasteiger partial charge in [-0.1, -0.05) is 23.9 Å². The molecule has 5 nitrogen and oxygen atoms in total. The van der Waals surface area contributed by atoms with E-state index in [1.165, 1.54) is 17.8 Å². The van der Waals surface area contributed by atoms with Crippen LogP contribution in [0.4, 0.5) is 5.69 Å². The van der Waals surface area contributed by atoms with Crippen LogP contribution in [0.25, 0.3) is 0 Å². The van der Waals surface area contributed by atoms with Crippen LogP contribution >= 0.6 is 11.8 Å². The predicted molar refractivity (Wildman–Crippen MR) is 66.8 cm³/mol. The first-order valence-electron chi connectivity index (χ1n) is 5.03. The molecular weight excluding hydrogens is 252 g/mol. The second-order valence-electron chi connectivity index (χ2n) is 3.37. The van der Waals surface area contributed by atoms with Crippen LogP contribution in [0.2, 0.25) is 0 Å². The smallest absolute Gasteiger partial charge is 0.284 e. The lowest BCUT2D eigenvalue weighted by atomic mass is 10.2. The molecule has 0 aliphatic heterocycles. The third kappa shape index (κ3) is 2.72. The average Bonchev–Trinajstić information content (AvgIpc) is 2.40. The van der Waals surface area contributed by atoms with Crippen molar-refractivity contribution in [2.24, 2.45) is 0 Å². The lowest BCUT2D eigenvalue weighted by molar-refractivity contribution is -0.387. The highest BCUT2D eigenvalue weighted by Gasteiger charge is 2.15. The molecule has 0 atom stereocenters. The summed E-state index contributed by atoms with van der Waals surface area (Å²) in [6.45, 7) is 0. The normalized spacial score (nSPS) is 10.0. The van der Waals surface area contributed by atoms with Crippen molar-refractivity contribution in [1.82, 2.24) is 4.98 Å². The maximum absolute atomic E-state index is 10.9. The quantitative estimate of drug-likeness (QED) is 0.480. The van der Waals surface area contributed by atoms with Crippen LogP contribution in [-0.2, 0) is 0 Å². The zero-order valence-electron chi connectivity index (χ0n) is 9.15. The molecule has 1 aromatic heterocycles. The third-order valence-corrected chi connectivity index (χ3v) is 3.18. The Kier molecular flexibility index (Phi) is 3.69. The van der Waals surface area contributed by atoms with E-state index in [9.17, 15) is 14.9 Å². The monoisotopic (exact) mass is 260 g/mol. The molecule has 18 heavy (non-hydrogen) atoms. The van der Waals surface area contributed by atoms with E-state index in [0.717, 1.165) is 0 Å². The summed E-state index contributed by atoms with van der Waals surface area (Å²) in [5, 5.41) is 11.6. The molecule has 1 aromatic carbocycles. The Morgan fingerprint density at radius 2 is 2.11 bits per heavy atom. The number of hydrogen-bond donors (Lipinski definition) is 0. The number of carbonyl (C=O) groups excluding carboxylic acids is 1. The fourth-order valence-electron chi connectivity index (χ4n) is 1.36. The van der Waals surface area contributed by atoms with Gasteiger partial charge in [-0.25, -0.2) is 4.98 Å². The van der Waals surface area contributed by atoms with Gasteiger partial charge in [-0.3, -0.25) is 14.9 Å². The van der Waals surface area contributed by atoms with Crippen molar-refractivity contribution in [3.8, 4) is 0 Å². The minimum atomic E-state index is -0.502. The zero-order valence-corrected chi connectivity index (χ0v) is 9.96. The molecule has 0 spiro atoms. The fraction of sp³-hybridized carbons (Fsp3) is 0. The van der Waals surface area contributed by atoms with Crippen LogP contribution in [-0.4, -0.2) is 16.2 Å². The van der Waals surface area contributed by atoms with Gasteiger partial charge in [0.1, 0.15) is 11.3 Å². The molecule has 2 aromatic rings. The van der Waals surface area contributed by atoms with Crippen molar-refractivity contribution in [1.29, 1.82) is 0 Å². The van der Waals surface area contributed by atoms with Gasteiger partial charge in [0, 0.05) is 17.8 Å². The summed E-state index contributed by atoms with van der Waals surface area (Å²) in [5.74, 6) is 0. The highest BCUT2D eigenvalue weighted by molar-refractivity contribution is 7.99. The molecule has 0 amide bonds. The van der Waals surface area contributed by atoms with Gasteiger partial charge in [-0.05, 0) is 18.2 Å². The average molecular weight is 260 g/mol. The van der Waals surface area contributed by atoms with Crippen LogP contribution in [0.3, 0.4) is 0 Å². The van der Waals surface area contributed by atoms with Crippen LogP contribution < -0.4 is 0 Å². The lowest BCUT2D eigenvalue weighted by Gasteiger charge is -2.02. The first kappa shape index (κ1) is 12.3. The first-order valence-corrected chi connectivity index (χ1v) is 5.85. The molecule has 1 heterocycles. The van der Waals surface area contributed by atoms with Crippen molar-refractivity contribution in [3.05, 3.63) is 58.3 Å². The SMILES string of the molecule is O=Cc1ccc(Sc2ccccn2)c([N+](=O)[O-])c1. The Morgan fingerprint density at radius 3 is 2.72 bits per heavy atom. The highest BCUT2D eigenvalue weighted by Crippen LogP contribution is 2.33. The van der Waals surface area contributed by atoms with Gasteiger partial charge in [0.2, 0.25) is 0 Å². The van der Waals surface area contributed by atoms with E-state index in [0.29, 0.717) is 16.2 Å². The minimum Gasteiger partial charge on any atom is -0.298 e.